The number of rotatable bonds is 5. The highest BCUT2D eigenvalue weighted by atomic mass is 32.1. The second-order valence-electron chi connectivity index (χ2n) is 6.49. The molecule has 0 radical (unpaired) electrons. The van der Waals surface area contributed by atoms with Crippen LogP contribution in [0.25, 0.3) is 10.2 Å². The average Bonchev–Trinajstić information content (AvgIpc) is 3.08. The van der Waals surface area contributed by atoms with Gasteiger partial charge in [-0.15, -0.1) is 11.3 Å². The molecule has 0 saturated carbocycles. The molecule has 1 atom stereocenters. The van der Waals surface area contributed by atoms with Crippen LogP contribution in [0.2, 0.25) is 0 Å². The van der Waals surface area contributed by atoms with Gasteiger partial charge in [-0.2, -0.15) is 0 Å². The summed E-state index contributed by atoms with van der Waals surface area (Å²) >= 11 is 1.01. The highest BCUT2D eigenvalue weighted by Gasteiger charge is 2.37. The zero-order chi connectivity index (χ0) is 21.4. The molecule has 1 amide bonds. The van der Waals surface area contributed by atoms with Crippen molar-refractivity contribution in [3.63, 3.8) is 0 Å². The summed E-state index contributed by atoms with van der Waals surface area (Å²) in [5, 5.41) is 0.315. The van der Waals surface area contributed by atoms with Crippen molar-refractivity contribution < 1.29 is 32.2 Å². The molecule has 0 saturated heterocycles. The molecule has 1 unspecified atom stereocenters. The minimum atomic E-state index is -1.16. The molecule has 156 valence electrons. The van der Waals surface area contributed by atoms with Gasteiger partial charge in [-0.25, -0.2) is 18.2 Å². The van der Waals surface area contributed by atoms with Crippen LogP contribution in [-0.2, 0) is 20.9 Å². The Morgan fingerprint density at radius 2 is 2.03 bits per heavy atom. The van der Waals surface area contributed by atoms with Gasteiger partial charge in [0.1, 0.15) is 27.9 Å². The van der Waals surface area contributed by atoms with Crippen LogP contribution >= 0.6 is 11.3 Å². The molecule has 6 nitrogen and oxygen atoms in total. The Kier molecular flexibility index (Phi) is 5.33. The predicted molar refractivity (Wildman–Crippen MR) is 103 cm³/mol. The zero-order valence-electron chi connectivity index (χ0n) is 15.7. The van der Waals surface area contributed by atoms with Crippen LogP contribution < -0.4 is 9.64 Å². The lowest BCUT2D eigenvalue weighted by Crippen LogP contribution is -2.46. The van der Waals surface area contributed by atoms with Crippen molar-refractivity contribution in [2.24, 2.45) is 0 Å². The van der Waals surface area contributed by atoms with Crippen molar-refractivity contribution in [1.82, 2.24) is 4.98 Å². The molecular weight excluding hydrogens is 421 g/mol. The maximum absolute atomic E-state index is 14.0. The summed E-state index contributed by atoms with van der Waals surface area (Å²) in [6, 6.07) is 5.53. The second-order valence-corrected chi connectivity index (χ2v) is 7.61. The third kappa shape index (κ3) is 3.82. The standard InChI is InChI=1S/C20H15F3N2O4S/c1-2-28-18(26)8-15-20(27)25(13-6-10(21)3-4-14(13)29-15)9-17-24-19-12(23)5-11(22)7-16(19)30-17/h3-7,15H,2,8-9H2,1H3. The summed E-state index contributed by atoms with van der Waals surface area (Å²) in [4.78, 5) is 30.2. The fraction of sp³-hybridized carbons (Fsp3) is 0.250. The maximum atomic E-state index is 14.0. The van der Waals surface area contributed by atoms with Crippen molar-refractivity contribution >= 4 is 39.1 Å². The Bertz CT molecular complexity index is 1150. The van der Waals surface area contributed by atoms with Gasteiger partial charge < -0.3 is 9.47 Å². The number of nitrogens with zero attached hydrogens (tertiary/aromatic N) is 2. The molecule has 30 heavy (non-hydrogen) atoms. The first kappa shape index (κ1) is 20.1. The first-order valence-corrected chi connectivity index (χ1v) is 9.85. The number of carbonyl (C=O) groups is 2. The van der Waals surface area contributed by atoms with Crippen LogP contribution in [0.5, 0.6) is 5.75 Å². The van der Waals surface area contributed by atoms with Gasteiger partial charge in [0.25, 0.3) is 5.91 Å². The van der Waals surface area contributed by atoms with Crippen LogP contribution in [0, 0.1) is 17.5 Å². The van der Waals surface area contributed by atoms with Gasteiger partial charge in [0.05, 0.1) is 30.0 Å². The van der Waals surface area contributed by atoms with E-state index in [9.17, 15) is 22.8 Å². The molecular formula is C20H15F3N2O4S. The van der Waals surface area contributed by atoms with Crippen LogP contribution in [-0.4, -0.2) is 29.6 Å². The lowest BCUT2D eigenvalue weighted by atomic mass is 10.1. The molecule has 3 aromatic rings. The molecule has 0 N–H and O–H groups in total. The number of thiazole rings is 1. The number of fused-ring (bicyclic) bond motifs is 2. The molecule has 2 heterocycles. The van der Waals surface area contributed by atoms with Gasteiger partial charge in [0.2, 0.25) is 0 Å². The number of anilines is 1. The van der Waals surface area contributed by atoms with E-state index in [1.54, 1.807) is 6.92 Å². The van der Waals surface area contributed by atoms with E-state index in [0.29, 0.717) is 5.01 Å². The number of hydrogen-bond acceptors (Lipinski definition) is 6. The average molecular weight is 436 g/mol. The largest absolute Gasteiger partial charge is 0.478 e. The summed E-state index contributed by atoms with van der Waals surface area (Å²) in [5.41, 5.74) is 0.144. The van der Waals surface area contributed by atoms with E-state index in [1.807, 2.05) is 0 Å². The van der Waals surface area contributed by atoms with Crippen molar-refractivity contribution in [3.05, 3.63) is 52.8 Å². The van der Waals surface area contributed by atoms with Gasteiger partial charge in [-0.1, -0.05) is 0 Å². The second kappa shape index (κ2) is 7.94. The Morgan fingerprint density at radius 1 is 1.23 bits per heavy atom. The molecule has 0 fully saturated rings. The number of amides is 1. The topological polar surface area (TPSA) is 68.7 Å². The number of halogens is 3. The number of esters is 1. The van der Waals surface area contributed by atoms with Crippen molar-refractivity contribution in [1.29, 1.82) is 0 Å². The molecule has 1 aliphatic rings. The third-order valence-electron chi connectivity index (χ3n) is 4.43. The number of hydrogen-bond donors (Lipinski definition) is 0. The van der Waals surface area contributed by atoms with Crippen LogP contribution in [0.4, 0.5) is 18.9 Å². The lowest BCUT2D eigenvalue weighted by Gasteiger charge is -2.33. The first-order valence-electron chi connectivity index (χ1n) is 9.03. The Balaban J connectivity index is 1.69. The number of carbonyl (C=O) groups excluding carboxylic acids is 2. The number of benzene rings is 2. The Morgan fingerprint density at radius 3 is 2.80 bits per heavy atom. The quantitative estimate of drug-likeness (QED) is 0.567. The molecule has 1 aliphatic heterocycles. The Hall–Kier alpha value is -3.14. The lowest BCUT2D eigenvalue weighted by molar-refractivity contribution is -0.147. The van der Waals surface area contributed by atoms with Gasteiger partial charge >= 0.3 is 5.97 Å². The highest BCUT2D eigenvalue weighted by molar-refractivity contribution is 7.18. The summed E-state index contributed by atoms with van der Waals surface area (Å²) < 4.78 is 52.1. The molecule has 0 spiro atoms. The van der Waals surface area contributed by atoms with E-state index in [0.717, 1.165) is 29.5 Å². The molecule has 0 bridgehead atoms. The van der Waals surface area contributed by atoms with Crippen LogP contribution in [0.1, 0.15) is 18.4 Å². The van der Waals surface area contributed by atoms with Gasteiger partial charge in [-0.05, 0) is 25.1 Å². The summed E-state index contributed by atoms with van der Waals surface area (Å²) in [6.45, 7) is 1.67. The molecule has 1 aromatic heterocycles. The fourth-order valence-electron chi connectivity index (χ4n) is 3.17. The third-order valence-corrected chi connectivity index (χ3v) is 5.42. The molecule has 10 heteroatoms. The fourth-order valence-corrected chi connectivity index (χ4v) is 4.16. The summed E-state index contributed by atoms with van der Waals surface area (Å²) in [7, 11) is 0. The van der Waals surface area contributed by atoms with E-state index in [-0.39, 0.29) is 41.2 Å². The summed E-state index contributed by atoms with van der Waals surface area (Å²) in [5.74, 6) is -3.13. The zero-order valence-corrected chi connectivity index (χ0v) is 16.5. The molecule has 0 aliphatic carbocycles. The van der Waals surface area contributed by atoms with E-state index in [2.05, 4.69) is 4.98 Å². The van der Waals surface area contributed by atoms with Gasteiger partial charge in [-0.3, -0.25) is 14.5 Å². The van der Waals surface area contributed by atoms with E-state index >= 15 is 0 Å². The van der Waals surface area contributed by atoms with E-state index < -0.39 is 35.4 Å². The van der Waals surface area contributed by atoms with Crippen molar-refractivity contribution in [3.8, 4) is 5.75 Å². The monoisotopic (exact) mass is 436 g/mol. The first-order chi connectivity index (χ1) is 14.4. The highest BCUT2D eigenvalue weighted by Crippen LogP contribution is 2.37. The van der Waals surface area contributed by atoms with E-state index in [1.165, 1.54) is 17.0 Å². The predicted octanol–water partition coefficient (Wildman–Crippen LogP) is 3.96. The molecule has 2 aromatic carbocycles. The minimum Gasteiger partial charge on any atom is -0.478 e. The normalized spacial score (nSPS) is 15.8. The number of aromatic nitrogens is 1. The van der Waals surface area contributed by atoms with Crippen LogP contribution in [0.15, 0.2) is 30.3 Å². The molecule has 4 rings (SSSR count). The van der Waals surface area contributed by atoms with Gasteiger partial charge in [0.15, 0.2) is 11.9 Å². The Labute approximate surface area is 172 Å². The van der Waals surface area contributed by atoms with Gasteiger partial charge in [0, 0.05) is 12.1 Å². The number of ether oxygens (including phenoxy) is 2. The van der Waals surface area contributed by atoms with Crippen LogP contribution in [0.3, 0.4) is 0 Å². The maximum Gasteiger partial charge on any atom is 0.310 e. The SMILES string of the molecule is CCOC(=O)CC1Oc2ccc(F)cc2N(Cc2nc3c(F)cc(F)cc3s2)C1=O. The minimum absolute atomic E-state index is 0.0142. The van der Waals surface area contributed by atoms with Crippen molar-refractivity contribution in [2.75, 3.05) is 11.5 Å². The summed E-state index contributed by atoms with van der Waals surface area (Å²) in [6.07, 6.45) is -1.48. The van der Waals surface area contributed by atoms with E-state index in [4.69, 9.17) is 9.47 Å². The van der Waals surface area contributed by atoms with Crippen molar-refractivity contribution in [2.45, 2.75) is 26.0 Å². The smallest absolute Gasteiger partial charge is 0.310 e.